The number of rotatable bonds is 4. The zero-order valence-electron chi connectivity index (χ0n) is 20.3. The number of carbonyl (C=O) groups is 1. The average molecular weight is 463 g/mol. The van der Waals surface area contributed by atoms with Crippen LogP contribution in [0.25, 0.3) is 0 Å². The maximum absolute atomic E-state index is 13.2. The van der Waals surface area contributed by atoms with Gasteiger partial charge in [0.1, 0.15) is 0 Å². The van der Waals surface area contributed by atoms with Gasteiger partial charge in [0.25, 0.3) is 0 Å². The van der Waals surface area contributed by atoms with E-state index in [0.717, 1.165) is 30.6 Å². The minimum atomic E-state index is -2.90. The molecule has 1 aromatic heterocycles. The van der Waals surface area contributed by atoms with Crippen molar-refractivity contribution in [2.24, 2.45) is 0 Å². The molecule has 1 amide bonds. The second kappa shape index (κ2) is 9.15. The van der Waals surface area contributed by atoms with Crippen molar-refractivity contribution in [3.63, 3.8) is 0 Å². The van der Waals surface area contributed by atoms with Crippen molar-refractivity contribution in [1.82, 2.24) is 20.0 Å². The van der Waals surface area contributed by atoms with Crippen molar-refractivity contribution >= 4 is 24.7 Å². The monoisotopic (exact) mass is 462 g/mol. The van der Waals surface area contributed by atoms with Gasteiger partial charge in [-0.1, -0.05) is 81.4 Å². The molecular formula is C26H34N4O2Si. The zero-order valence-corrected chi connectivity index (χ0v) is 21.3. The Hall–Kier alpha value is -2.90. The van der Waals surface area contributed by atoms with Crippen LogP contribution in [0.3, 0.4) is 0 Å². The predicted octanol–water partition coefficient (Wildman–Crippen LogP) is 3.39. The highest BCUT2D eigenvalue weighted by atomic mass is 28.4. The molecule has 2 heterocycles. The Morgan fingerprint density at radius 2 is 1.61 bits per heavy atom. The van der Waals surface area contributed by atoms with Gasteiger partial charge in [-0.2, -0.15) is 5.10 Å². The summed E-state index contributed by atoms with van der Waals surface area (Å²) in [6, 6.07) is 20.8. The van der Waals surface area contributed by atoms with E-state index in [1.54, 1.807) is 19.0 Å². The van der Waals surface area contributed by atoms with Crippen molar-refractivity contribution in [3.05, 3.63) is 71.9 Å². The minimum absolute atomic E-state index is 0.198. The molecule has 33 heavy (non-hydrogen) atoms. The third-order valence-corrected chi connectivity index (χ3v) is 11.2. The number of aryl methyl sites for hydroxylation is 1. The van der Waals surface area contributed by atoms with Gasteiger partial charge in [0.05, 0.1) is 11.3 Å². The molecular weight excluding hydrogens is 428 g/mol. The first-order valence-electron chi connectivity index (χ1n) is 11.6. The van der Waals surface area contributed by atoms with E-state index in [-0.39, 0.29) is 11.1 Å². The second-order valence-corrected chi connectivity index (χ2v) is 14.1. The Bertz CT molecular complexity index is 1070. The molecule has 0 saturated heterocycles. The minimum Gasteiger partial charge on any atom is -0.521 e. The fourth-order valence-corrected chi connectivity index (χ4v) is 9.10. The lowest BCUT2D eigenvalue weighted by Gasteiger charge is -2.43. The van der Waals surface area contributed by atoms with Crippen LogP contribution in [0.1, 0.15) is 38.4 Å². The van der Waals surface area contributed by atoms with Crippen LogP contribution in [0.4, 0.5) is 4.79 Å². The van der Waals surface area contributed by atoms with Crippen molar-refractivity contribution in [1.29, 1.82) is 0 Å². The van der Waals surface area contributed by atoms with Crippen LogP contribution in [0.2, 0.25) is 5.04 Å². The van der Waals surface area contributed by atoms with Crippen LogP contribution in [0, 0.1) is 0 Å². The molecule has 7 heteroatoms. The standard InChI is InChI=1S/C26H34N4O2Si/c1-26(2,3)33(20-13-8-6-9-14-20,21-15-10-7-11-16-21)32-24-22-19-27-18-12-17-23(22)28-30(24)25(31)29(4)5/h6-11,13-16,27H,12,17-19H2,1-5H3. The third kappa shape index (κ3) is 4.23. The lowest BCUT2D eigenvalue weighted by atomic mass is 10.2. The van der Waals surface area contributed by atoms with E-state index in [1.165, 1.54) is 15.1 Å². The molecule has 6 nitrogen and oxygen atoms in total. The number of hydrogen-bond acceptors (Lipinski definition) is 4. The first-order valence-corrected chi connectivity index (χ1v) is 13.5. The summed E-state index contributed by atoms with van der Waals surface area (Å²) in [6.07, 6.45) is 1.81. The molecule has 0 radical (unpaired) electrons. The van der Waals surface area contributed by atoms with Crippen LogP contribution in [-0.2, 0) is 13.0 Å². The van der Waals surface area contributed by atoms with Crippen LogP contribution in [0.15, 0.2) is 60.7 Å². The van der Waals surface area contributed by atoms with E-state index in [2.05, 4.69) is 74.6 Å². The van der Waals surface area contributed by atoms with Crippen LogP contribution in [-0.4, -0.2) is 49.7 Å². The normalized spacial score (nSPS) is 14.3. The van der Waals surface area contributed by atoms with E-state index in [1.807, 2.05) is 12.1 Å². The number of aromatic nitrogens is 2. The van der Waals surface area contributed by atoms with Gasteiger partial charge in [0.15, 0.2) is 0 Å². The first-order chi connectivity index (χ1) is 15.8. The van der Waals surface area contributed by atoms with E-state index >= 15 is 0 Å². The number of hydrogen-bond donors (Lipinski definition) is 1. The highest BCUT2D eigenvalue weighted by molar-refractivity contribution is 7.00. The Balaban J connectivity index is 2.00. The van der Waals surface area contributed by atoms with E-state index < -0.39 is 8.32 Å². The lowest BCUT2D eigenvalue weighted by molar-refractivity contribution is 0.213. The number of amides is 1. The van der Waals surface area contributed by atoms with Gasteiger partial charge in [0.2, 0.25) is 5.88 Å². The number of fused-ring (bicyclic) bond motifs is 1. The van der Waals surface area contributed by atoms with Gasteiger partial charge in [0, 0.05) is 20.6 Å². The van der Waals surface area contributed by atoms with Crippen molar-refractivity contribution in [2.75, 3.05) is 20.6 Å². The van der Waals surface area contributed by atoms with E-state index in [9.17, 15) is 4.79 Å². The Kier molecular flexibility index (Phi) is 6.45. The van der Waals surface area contributed by atoms with Gasteiger partial charge in [-0.25, -0.2) is 4.79 Å². The molecule has 2 aromatic carbocycles. The number of nitrogens with zero attached hydrogens (tertiary/aromatic N) is 3. The molecule has 0 bridgehead atoms. The zero-order chi connectivity index (χ0) is 23.6. The molecule has 1 aliphatic heterocycles. The summed E-state index contributed by atoms with van der Waals surface area (Å²) < 4.78 is 8.77. The third-order valence-electron chi connectivity index (χ3n) is 6.32. The van der Waals surface area contributed by atoms with Gasteiger partial charge in [-0.05, 0) is 34.8 Å². The molecule has 0 unspecified atom stereocenters. The van der Waals surface area contributed by atoms with Gasteiger partial charge in [-0.3, -0.25) is 0 Å². The smallest absolute Gasteiger partial charge is 0.347 e. The predicted molar refractivity (Wildman–Crippen MR) is 135 cm³/mol. The quantitative estimate of drug-likeness (QED) is 0.604. The molecule has 0 atom stereocenters. The molecule has 0 fully saturated rings. The summed E-state index contributed by atoms with van der Waals surface area (Å²) in [5.41, 5.74) is 1.94. The summed E-state index contributed by atoms with van der Waals surface area (Å²) in [6.45, 7) is 8.29. The highest BCUT2D eigenvalue weighted by Crippen LogP contribution is 2.39. The summed E-state index contributed by atoms with van der Waals surface area (Å²) in [5.74, 6) is 0.576. The number of carbonyl (C=O) groups excluding carboxylic acids is 1. The fourth-order valence-electron chi connectivity index (χ4n) is 4.67. The number of nitrogens with one attached hydrogen (secondary N) is 1. The Morgan fingerprint density at radius 1 is 1.03 bits per heavy atom. The molecule has 0 spiro atoms. The van der Waals surface area contributed by atoms with Gasteiger partial charge < -0.3 is 14.6 Å². The Morgan fingerprint density at radius 3 is 2.12 bits per heavy atom. The number of benzene rings is 2. The molecule has 174 valence electrons. The molecule has 4 rings (SSSR count). The summed E-state index contributed by atoms with van der Waals surface area (Å²) in [5, 5.41) is 10.4. The maximum atomic E-state index is 13.2. The van der Waals surface area contributed by atoms with Crippen LogP contribution < -0.4 is 20.1 Å². The van der Waals surface area contributed by atoms with E-state index in [0.29, 0.717) is 12.4 Å². The van der Waals surface area contributed by atoms with E-state index in [4.69, 9.17) is 9.52 Å². The van der Waals surface area contributed by atoms with Gasteiger partial charge in [-0.15, -0.1) is 4.68 Å². The SMILES string of the molecule is CN(C)C(=O)n1nc2c(c1O[Si](c1ccccc1)(c1ccccc1)C(C)(C)C)CNCCC2. The van der Waals surface area contributed by atoms with Crippen LogP contribution >= 0.6 is 0 Å². The lowest BCUT2D eigenvalue weighted by Crippen LogP contribution is -2.69. The topological polar surface area (TPSA) is 59.4 Å². The van der Waals surface area contributed by atoms with Crippen molar-refractivity contribution < 1.29 is 9.22 Å². The molecule has 0 saturated carbocycles. The summed E-state index contributed by atoms with van der Waals surface area (Å²) >= 11 is 0. The Labute approximate surface area is 197 Å². The fraction of sp³-hybridized carbons (Fsp3) is 0.385. The summed E-state index contributed by atoms with van der Waals surface area (Å²) in [7, 11) is 0.599. The molecule has 0 aliphatic carbocycles. The molecule has 3 aromatic rings. The second-order valence-electron chi connectivity index (χ2n) is 9.86. The largest absolute Gasteiger partial charge is 0.521 e. The maximum Gasteiger partial charge on any atom is 0.347 e. The van der Waals surface area contributed by atoms with Gasteiger partial charge >= 0.3 is 14.3 Å². The molecule has 1 N–H and O–H groups in total. The van der Waals surface area contributed by atoms with Crippen molar-refractivity contribution in [2.45, 2.75) is 45.2 Å². The highest BCUT2D eigenvalue weighted by Gasteiger charge is 2.53. The summed E-state index contributed by atoms with van der Waals surface area (Å²) in [4.78, 5) is 14.8. The average Bonchev–Trinajstić information content (AvgIpc) is 2.96. The van der Waals surface area contributed by atoms with Crippen LogP contribution in [0.5, 0.6) is 5.88 Å². The van der Waals surface area contributed by atoms with Crippen molar-refractivity contribution in [3.8, 4) is 5.88 Å². The first kappa shape index (κ1) is 23.3. The molecule has 1 aliphatic rings.